The summed E-state index contributed by atoms with van der Waals surface area (Å²) in [6.45, 7) is -0.568. The molecule has 2 rings (SSSR count). The average molecular weight is 290 g/mol. The van der Waals surface area contributed by atoms with E-state index in [4.69, 9.17) is 5.11 Å². The lowest BCUT2D eigenvalue weighted by atomic mass is 10.2. The zero-order valence-corrected chi connectivity index (χ0v) is 10.7. The summed E-state index contributed by atoms with van der Waals surface area (Å²) in [7, 11) is 0. The predicted octanol–water partition coefficient (Wildman–Crippen LogP) is 1.66. The van der Waals surface area contributed by atoms with Crippen LogP contribution in [0, 0.1) is 5.95 Å². The largest absolute Gasteiger partial charge is 0.508 e. The molecule has 0 fully saturated rings. The van der Waals surface area contributed by atoms with Crippen molar-refractivity contribution in [2.45, 2.75) is 0 Å². The fraction of sp³-hybridized carbons (Fsp3) is 0.0714. The molecule has 0 unspecified atom stereocenters. The Morgan fingerprint density at radius 2 is 1.81 bits per heavy atom. The molecule has 1 aromatic heterocycles. The summed E-state index contributed by atoms with van der Waals surface area (Å²) in [5.74, 6) is -2.58. The maximum absolute atomic E-state index is 12.8. The molecule has 0 bridgehead atoms. The first-order valence-corrected chi connectivity index (χ1v) is 5.91. The number of benzene rings is 1. The summed E-state index contributed by atoms with van der Waals surface area (Å²) < 4.78 is 12.8. The molecule has 0 aliphatic carbocycles. The van der Waals surface area contributed by atoms with Gasteiger partial charge in [-0.25, -0.2) is 4.98 Å². The van der Waals surface area contributed by atoms with Crippen molar-refractivity contribution in [3.63, 3.8) is 0 Å². The van der Waals surface area contributed by atoms with E-state index in [0.29, 0.717) is 5.69 Å². The average Bonchev–Trinajstić information content (AvgIpc) is 2.46. The molecule has 2 aromatic rings. The number of carboxylic acid groups (broad SMARTS) is 1. The number of phenols is 1. The van der Waals surface area contributed by atoms with Gasteiger partial charge < -0.3 is 10.2 Å². The zero-order valence-electron chi connectivity index (χ0n) is 10.7. The van der Waals surface area contributed by atoms with Gasteiger partial charge in [0.2, 0.25) is 5.95 Å². The second-order valence-corrected chi connectivity index (χ2v) is 4.17. The predicted molar refractivity (Wildman–Crippen MR) is 71.6 cm³/mol. The van der Waals surface area contributed by atoms with Gasteiger partial charge in [0, 0.05) is 11.9 Å². The molecule has 108 valence electrons. The summed E-state index contributed by atoms with van der Waals surface area (Å²) in [6, 6.07) is 7.73. The molecule has 0 saturated carbocycles. The van der Waals surface area contributed by atoms with Crippen LogP contribution in [0.15, 0.2) is 42.6 Å². The Bertz CT molecular complexity index is 656. The van der Waals surface area contributed by atoms with E-state index in [9.17, 15) is 19.1 Å². The second-order valence-electron chi connectivity index (χ2n) is 4.17. The third-order valence-corrected chi connectivity index (χ3v) is 2.67. The van der Waals surface area contributed by atoms with Crippen LogP contribution in [0.2, 0.25) is 0 Å². The molecule has 0 atom stereocenters. The molecular weight excluding hydrogens is 279 g/mol. The van der Waals surface area contributed by atoms with Gasteiger partial charge in [-0.2, -0.15) is 4.39 Å². The minimum absolute atomic E-state index is 0.00933. The topological polar surface area (TPSA) is 90.7 Å². The van der Waals surface area contributed by atoms with E-state index in [1.165, 1.54) is 30.3 Å². The van der Waals surface area contributed by atoms with Crippen molar-refractivity contribution in [1.29, 1.82) is 0 Å². The van der Waals surface area contributed by atoms with Gasteiger partial charge in [0.25, 0.3) is 5.91 Å². The maximum atomic E-state index is 12.8. The number of carbonyl (C=O) groups is 2. The molecule has 0 spiro atoms. The van der Waals surface area contributed by atoms with Gasteiger partial charge >= 0.3 is 5.97 Å². The molecule has 2 N–H and O–H groups in total. The number of carboxylic acids is 1. The summed E-state index contributed by atoms with van der Waals surface area (Å²) in [5, 5.41) is 18.2. The fourth-order valence-electron chi connectivity index (χ4n) is 1.71. The van der Waals surface area contributed by atoms with E-state index < -0.39 is 24.4 Å². The van der Waals surface area contributed by atoms with Crippen LogP contribution in [0.5, 0.6) is 5.75 Å². The summed E-state index contributed by atoms with van der Waals surface area (Å²) in [6.07, 6.45) is 1.03. The van der Waals surface area contributed by atoms with Crippen LogP contribution in [0.4, 0.5) is 10.1 Å². The highest BCUT2D eigenvalue weighted by Gasteiger charge is 2.20. The maximum Gasteiger partial charge on any atom is 0.323 e. The molecule has 1 aromatic carbocycles. The van der Waals surface area contributed by atoms with Gasteiger partial charge in [0.05, 0.1) is 5.56 Å². The minimum atomic E-state index is -1.20. The Hall–Kier alpha value is -2.96. The molecule has 0 aliphatic rings. The molecule has 0 radical (unpaired) electrons. The molecular formula is C14H11FN2O4. The Balaban J connectivity index is 2.35. The first-order valence-electron chi connectivity index (χ1n) is 5.91. The number of carbonyl (C=O) groups excluding carboxylic acids is 1. The van der Waals surface area contributed by atoms with Gasteiger partial charge in [0.15, 0.2) is 0 Å². The molecule has 21 heavy (non-hydrogen) atoms. The lowest BCUT2D eigenvalue weighted by molar-refractivity contribution is -0.135. The van der Waals surface area contributed by atoms with Gasteiger partial charge in [-0.05, 0) is 36.4 Å². The zero-order chi connectivity index (χ0) is 15.4. The van der Waals surface area contributed by atoms with Crippen LogP contribution in [0.3, 0.4) is 0 Å². The smallest absolute Gasteiger partial charge is 0.323 e. The lowest BCUT2D eigenvalue weighted by Gasteiger charge is -2.20. The number of aliphatic carboxylic acids is 1. The number of anilines is 1. The summed E-state index contributed by atoms with van der Waals surface area (Å²) >= 11 is 0. The second kappa shape index (κ2) is 6.00. The lowest BCUT2D eigenvalue weighted by Crippen LogP contribution is -2.35. The molecule has 1 heterocycles. The fourth-order valence-corrected chi connectivity index (χ4v) is 1.71. The third-order valence-electron chi connectivity index (χ3n) is 2.67. The number of aromatic nitrogens is 1. The van der Waals surface area contributed by atoms with Crippen molar-refractivity contribution in [3.05, 3.63) is 54.1 Å². The highest BCUT2D eigenvalue weighted by molar-refractivity contribution is 6.08. The normalized spacial score (nSPS) is 10.1. The molecule has 6 nitrogen and oxygen atoms in total. The number of rotatable bonds is 4. The van der Waals surface area contributed by atoms with Crippen molar-refractivity contribution in [1.82, 2.24) is 4.98 Å². The van der Waals surface area contributed by atoms with E-state index in [0.717, 1.165) is 17.2 Å². The van der Waals surface area contributed by atoms with Crippen molar-refractivity contribution in [2.75, 3.05) is 11.4 Å². The summed E-state index contributed by atoms with van der Waals surface area (Å²) in [4.78, 5) is 27.6. The van der Waals surface area contributed by atoms with Crippen molar-refractivity contribution < 1.29 is 24.2 Å². The number of phenolic OH excluding ortho intramolecular Hbond substituents is 1. The van der Waals surface area contributed by atoms with Crippen LogP contribution < -0.4 is 4.90 Å². The first-order chi connectivity index (χ1) is 9.97. The highest BCUT2D eigenvalue weighted by atomic mass is 19.1. The van der Waals surface area contributed by atoms with Crippen molar-refractivity contribution >= 4 is 17.6 Å². The number of hydrogen-bond acceptors (Lipinski definition) is 4. The number of aromatic hydroxyl groups is 1. The van der Waals surface area contributed by atoms with Crippen molar-refractivity contribution in [2.24, 2.45) is 0 Å². The number of pyridine rings is 1. The number of amides is 1. The van der Waals surface area contributed by atoms with E-state index in [1.807, 2.05) is 0 Å². The Morgan fingerprint density at radius 1 is 1.14 bits per heavy atom. The van der Waals surface area contributed by atoms with Gasteiger partial charge in [-0.15, -0.1) is 0 Å². The minimum Gasteiger partial charge on any atom is -0.508 e. The van der Waals surface area contributed by atoms with Gasteiger partial charge in [0.1, 0.15) is 12.3 Å². The monoisotopic (exact) mass is 290 g/mol. The third kappa shape index (κ3) is 3.53. The van der Waals surface area contributed by atoms with E-state index in [1.54, 1.807) is 0 Å². The van der Waals surface area contributed by atoms with Gasteiger partial charge in [-0.3, -0.25) is 14.5 Å². The number of hydrogen-bond donors (Lipinski definition) is 2. The van der Waals surface area contributed by atoms with Gasteiger partial charge in [-0.1, -0.05) is 0 Å². The molecule has 0 aliphatic heterocycles. The van der Waals surface area contributed by atoms with Crippen LogP contribution >= 0.6 is 0 Å². The molecule has 1 amide bonds. The molecule has 0 saturated heterocycles. The van der Waals surface area contributed by atoms with E-state index in [-0.39, 0.29) is 11.3 Å². The molecule has 7 heteroatoms. The van der Waals surface area contributed by atoms with E-state index in [2.05, 4.69) is 4.98 Å². The number of nitrogens with zero attached hydrogens (tertiary/aromatic N) is 2. The standard InChI is InChI=1S/C14H11FN2O4/c15-12-6-1-9(7-16-12)14(21)17(8-13(19)20)10-2-4-11(18)5-3-10/h1-7,18H,8H2,(H,19,20). The Morgan fingerprint density at radius 3 is 2.33 bits per heavy atom. The van der Waals surface area contributed by atoms with Crippen LogP contribution in [0.1, 0.15) is 10.4 Å². The number of halogens is 1. The van der Waals surface area contributed by atoms with E-state index >= 15 is 0 Å². The SMILES string of the molecule is O=C(O)CN(C(=O)c1ccc(F)nc1)c1ccc(O)cc1. The Labute approximate surface area is 119 Å². The van der Waals surface area contributed by atoms with Crippen molar-refractivity contribution in [3.8, 4) is 5.75 Å². The Kier molecular flexibility index (Phi) is 4.13. The van der Waals surface area contributed by atoms with Crippen LogP contribution in [-0.2, 0) is 4.79 Å². The highest BCUT2D eigenvalue weighted by Crippen LogP contribution is 2.20. The van der Waals surface area contributed by atoms with Crippen LogP contribution in [-0.4, -0.2) is 33.6 Å². The summed E-state index contributed by atoms with van der Waals surface area (Å²) in [5.41, 5.74) is 0.357. The first kappa shape index (κ1) is 14.4. The van der Waals surface area contributed by atoms with Crippen LogP contribution in [0.25, 0.3) is 0 Å². The quantitative estimate of drug-likeness (QED) is 0.836.